The maximum atomic E-state index is 12.4. The summed E-state index contributed by atoms with van der Waals surface area (Å²) in [5.74, 6) is -0.0136. The van der Waals surface area contributed by atoms with Crippen LogP contribution in [-0.4, -0.2) is 37.6 Å². The number of ether oxygens (including phenoxy) is 1. The molecule has 1 amide bonds. The first-order valence-electron chi connectivity index (χ1n) is 5.79. The molecule has 0 fully saturated rings. The maximum absolute atomic E-state index is 12.4. The van der Waals surface area contributed by atoms with E-state index in [-0.39, 0.29) is 5.91 Å². The monoisotopic (exact) mass is 265 g/mol. The Morgan fingerprint density at radius 3 is 2.89 bits per heavy atom. The smallest absolute Gasteiger partial charge is 0.254 e. The van der Waals surface area contributed by atoms with Crippen molar-refractivity contribution in [3.63, 3.8) is 0 Å². The summed E-state index contributed by atoms with van der Waals surface area (Å²) in [7, 11) is 1.62. The molecule has 0 spiro atoms. The molecule has 3 nitrogen and oxygen atoms in total. The predicted octanol–water partition coefficient (Wildman–Crippen LogP) is 2.56. The van der Waals surface area contributed by atoms with E-state index in [1.807, 2.05) is 19.1 Å². The number of amides is 1. The van der Waals surface area contributed by atoms with Crippen molar-refractivity contribution in [3.8, 4) is 0 Å². The molecule has 0 unspecified atom stereocenters. The van der Waals surface area contributed by atoms with E-state index in [2.05, 4.69) is 19.2 Å². The number of benzene rings is 1. The fourth-order valence-electron chi connectivity index (χ4n) is 1.64. The molecule has 0 aliphatic rings. The van der Waals surface area contributed by atoms with E-state index >= 15 is 0 Å². The van der Waals surface area contributed by atoms with E-state index in [1.165, 1.54) is 0 Å². The minimum absolute atomic E-state index is 0.0136. The van der Waals surface area contributed by atoms with Crippen LogP contribution >= 0.6 is 12.6 Å². The van der Waals surface area contributed by atoms with Gasteiger partial charge in [-0.15, -0.1) is 19.2 Å². The van der Waals surface area contributed by atoms with Gasteiger partial charge in [0.05, 0.1) is 6.61 Å². The summed E-state index contributed by atoms with van der Waals surface area (Å²) in [5, 5.41) is 0. The topological polar surface area (TPSA) is 29.5 Å². The average Bonchev–Trinajstić information content (AvgIpc) is 2.36. The van der Waals surface area contributed by atoms with Gasteiger partial charge in [-0.05, 0) is 24.6 Å². The number of hydrogen-bond acceptors (Lipinski definition) is 3. The number of carbonyl (C=O) groups excluding carboxylic acids is 1. The number of aryl methyl sites for hydroxylation is 1. The molecule has 1 aromatic rings. The first-order chi connectivity index (χ1) is 8.60. The molecule has 0 saturated carbocycles. The van der Waals surface area contributed by atoms with Crippen molar-refractivity contribution in [2.75, 3.05) is 26.8 Å². The lowest BCUT2D eigenvalue weighted by atomic mass is 10.1. The van der Waals surface area contributed by atoms with Crippen molar-refractivity contribution >= 4 is 18.5 Å². The lowest BCUT2D eigenvalue weighted by Gasteiger charge is -2.21. The molecule has 0 heterocycles. The second kappa shape index (κ2) is 7.24. The lowest BCUT2D eigenvalue weighted by Crippen LogP contribution is -2.34. The SMILES string of the molecule is C=CCN(CCOC)C(=O)c1cc(S)ccc1C. The van der Waals surface area contributed by atoms with Crippen LogP contribution in [0.5, 0.6) is 0 Å². The molecule has 0 aromatic heterocycles. The fraction of sp³-hybridized carbons (Fsp3) is 0.357. The average molecular weight is 265 g/mol. The Morgan fingerprint density at radius 2 is 2.28 bits per heavy atom. The van der Waals surface area contributed by atoms with Gasteiger partial charge in [0.1, 0.15) is 0 Å². The summed E-state index contributed by atoms with van der Waals surface area (Å²) in [6, 6.07) is 5.57. The zero-order valence-corrected chi connectivity index (χ0v) is 11.7. The van der Waals surface area contributed by atoms with Crippen molar-refractivity contribution in [3.05, 3.63) is 42.0 Å². The second-order valence-corrected chi connectivity index (χ2v) is 4.55. The van der Waals surface area contributed by atoms with Crippen molar-refractivity contribution in [2.45, 2.75) is 11.8 Å². The van der Waals surface area contributed by atoms with Gasteiger partial charge in [-0.3, -0.25) is 4.79 Å². The summed E-state index contributed by atoms with van der Waals surface area (Å²) in [4.78, 5) is 14.9. The van der Waals surface area contributed by atoms with Crippen molar-refractivity contribution < 1.29 is 9.53 Å². The number of carbonyl (C=O) groups is 1. The zero-order chi connectivity index (χ0) is 13.5. The standard InChI is InChI=1S/C14H19NO2S/c1-4-7-15(8-9-17-3)14(16)13-10-12(18)6-5-11(13)2/h4-6,10,18H,1,7-9H2,2-3H3. The molecule has 98 valence electrons. The summed E-state index contributed by atoms with van der Waals surface area (Å²) in [6.07, 6.45) is 1.72. The van der Waals surface area contributed by atoms with Gasteiger partial charge in [-0.2, -0.15) is 0 Å². The van der Waals surface area contributed by atoms with Crippen LogP contribution in [-0.2, 0) is 4.74 Å². The van der Waals surface area contributed by atoms with E-state index < -0.39 is 0 Å². The molecule has 1 aromatic carbocycles. The summed E-state index contributed by atoms with van der Waals surface area (Å²) < 4.78 is 5.02. The van der Waals surface area contributed by atoms with Crippen molar-refractivity contribution in [1.29, 1.82) is 0 Å². The largest absolute Gasteiger partial charge is 0.383 e. The Labute approximate surface area is 114 Å². The van der Waals surface area contributed by atoms with Gasteiger partial charge >= 0.3 is 0 Å². The highest BCUT2D eigenvalue weighted by molar-refractivity contribution is 7.80. The van der Waals surface area contributed by atoms with E-state index in [9.17, 15) is 4.79 Å². The maximum Gasteiger partial charge on any atom is 0.254 e. The number of rotatable bonds is 6. The molecular formula is C14H19NO2S. The molecule has 4 heteroatoms. The predicted molar refractivity (Wildman–Crippen MR) is 76.4 cm³/mol. The molecule has 0 radical (unpaired) electrons. The number of methoxy groups -OCH3 is 1. The van der Waals surface area contributed by atoms with Gasteiger partial charge in [-0.1, -0.05) is 12.1 Å². The van der Waals surface area contributed by atoms with Crippen LogP contribution in [0.4, 0.5) is 0 Å². The molecular weight excluding hydrogens is 246 g/mol. The third-order valence-electron chi connectivity index (χ3n) is 2.65. The van der Waals surface area contributed by atoms with Gasteiger partial charge in [0.2, 0.25) is 0 Å². The Hall–Kier alpha value is -1.26. The highest BCUT2D eigenvalue weighted by atomic mass is 32.1. The Bertz CT molecular complexity index is 432. The molecule has 18 heavy (non-hydrogen) atoms. The van der Waals surface area contributed by atoms with Gasteiger partial charge in [0.15, 0.2) is 0 Å². The normalized spacial score (nSPS) is 10.2. The van der Waals surface area contributed by atoms with Crippen LogP contribution in [0, 0.1) is 6.92 Å². The van der Waals surface area contributed by atoms with Crippen LogP contribution in [0.2, 0.25) is 0 Å². The van der Waals surface area contributed by atoms with E-state index in [4.69, 9.17) is 4.74 Å². The van der Waals surface area contributed by atoms with E-state index in [0.29, 0.717) is 25.3 Å². The van der Waals surface area contributed by atoms with Crippen LogP contribution < -0.4 is 0 Å². The third kappa shape index (κ3) is 3.89. The summed E-state index contributed by atoms with van der Waals surface area (Å²) in [6.45, 7) is 7.17. The Balaban J connectivity index is 2.93. The first kappa shape index (κ1) is 14.8. The van der Waals surface area contributed by atoms with Crippen LogP contribution in [0.3, 0.4) is 0 Å². The van der Waals surface area contributed by atoms with Crippen molar-refractivity contribution in [1.82, 2.24) is 4.90 Å². The van der Waals surface area contributed by atoms with Crippen LogP contribution in [0.25, 0.3) is 0 Å². The summed E-state index contributed by atoms with van der Waals surface area (Å²) >= 11 is 4.27. The van der Waals surface area contributed by atoms with Crippen LogP contribution in [0.1, 0.15) is 15.9 Å². The zero-order valence-electron chi connectivity index (χ0n) is 10.8. The first-order valence-corrected chi connectivity index (χ1v) is 6.23. The molecule has 1 rings (SSSR count). The minimum atomic E-state index is -0.0136. The second-order valence-electron chi connectivity index (χ2n) is 4.03. The quantitative estimate of drug-likeness (QED) is 0.633. The van der Waals surface area contributed by atoms with Gasteiger partial charge in [0, 0.05) is 30.7 Å². The molecule has 0 saturated heterocycles. The number of thiol groups is 1. The fourth-order valence-corrected chi connectivity index (χ4v) is 1.85. The third-order valence-corrected chi connectivity index (χ3v) is 2.93. The molecule has 0 aliphatic carbocycles. The Morgan fingerprint density at radius 1 is 1.56 bits per heavy atom. The lowest BCUT2D eigenvalue weighted by molar-refractivity contribution is 0.0717. The minimum Gasteiger partial charge on any atom is -0.383 e. The van der Waals surface area contributed by atoms with Gasteiger partial charge in [-0.25, -0.2) is 0 Å². The van der Waals surface area contributed by atoms with Crippen LogP contribution in [0.15, 0.2) is 35.7 Å². The molecule has 0 aliphatic heterocycles. The highest BCUT2D eigenvalue weighted by Gasteiger charge is 2.16. The van der Waals surface area contributed by atoms with Gasteiger partial charge < -0.3 is 9.64 Å². The van der Waals surface area contributed by atoms with Crippen molar-refractivity contribution in [2.24, 2.45) is 0 Å². The molecule has 0 atom stereocenters. The highest BCUT2D eigenvalue weighted by Crippen LogP contribution is 2.16. The van der Waals surface area contributed by atoms with Gasteiger partial charge in [0.25, 0.3) is 5.91 Å². The number of hydrogen-bond donors (Lipinski definition) is 1. The van der Waals surface area contributed by atoms with E-state index in [0.717, 1.165) is 10.5 Å². The Kier molecular flexibility index (Phi) is 5.95. The number of nitrogens with zero attached hydrogens (tertiary/aromatic N) is 1. The molecule has 0 bridgehead atoms. The summed E-state index contributed by atoms with van der Waals surface area (Å²) in [5.41, 5.74) is 1.63. The van der Waals surface area contributed by atoms with E-state index in [1.54, 1.807) is 24.2 Å². The molecule has 0 N–H and O–H groups in total.